The molecular weight excluding hydrogens is 309 g/mol. The molecule has 0 bridgehead atoms. The summed E-state index contributed by atoms with van der Waals surface area (Å²) in [4.78, 5) is 13.7. The van der Waals surface area contributed by atoms with Gasteiger partial charge in [0.15, 0.2) is 0 Å². The van der Waals surface area contributed by atoms with Gasteiger partial charge >= 0.3 is 6.03 Å². The first kappa shape index (κ1) is 15.5. The minimum atomic E-state index is -0.254. The van der Waals surface area contributed by atoms with Gasteiger partial charge in [0.05, 0.1) is 0 Å². The van der Waals surface area contributed by atoms with E-state index in [0.29, 0.717) is 28.0 Å². The fourth-order valence-corrected chi connectivity index (χ4v) is 2.41. The van der Waals surface area contributed by atoms with Crippen molar-refractivity contribution in [1.82, 2.24) is 4.90 Å². The van der Waals surface area contributed by atoms with E-state index in [4.69, 9.17) is 28.9 Å². The molecule has 0 saturated heterocycles. The number of anilines is 2. The van der Waals surface area contributed by atoms with Crippen LogP contribution in [0.5, 0.6) is 0 Å². The summed E-state index contributed by atoms with van der Waals surface area (Å²) < 4.78 is 0. The van der Waals surface area contributed by atoms with E-state index in [1.807, 2.05) is 18.2 Å². The zero-order valence-electron chi connectivity index (χ0n) is 11.4. The van der Waals surface area contributed by atoms with Gasteiger partial charge in [0, 0.05) is 35.0 Å². The van der Waals surface area contributed by atoms with Crippen molar-refractivity contribution in [2.24, 2.45) is 0 Å². The molecule has 0 spiro atoms. The summed E-state index contributed by atoms with van der Waals surface area (Å²) in [6.45, 7) is 0.450. The molecule has 0 heterocycles. The topological polar surface area (TPSA) is 58.4 Å². The molecular formula is C15H15Cl2N3O. The number of nitrogens with one attached hydrogen (secondary N) is 1. The third-order valence-corrected chi connectivity index (χ3v) is 3.27. The second kappa shape index (κ2) is 6.70. The van der Waals surface area contributed by atoms with Crippen LogP contribution in [-0.2, 0) is 6.54 Å². The Balaban J connectivity index is 2.02. The predicted molar refractivity (Wildman–Crippen MR) is 87.8 cm³/mol. The van der Waals surface area contributed by atoms with Crippen LogP contribution in [0.3, 0.4) is 0 Å². The quantitative estimate of drug-likeness (QED) is 0.830. The van der Waals surface area contributed by atoms with Crippen LogP contribution in [0, 0.1) is 0 Å². The van der Waals surface area contributed by atoms with Crippen molar-refractivity contribution < 1.29 is 4.79 Å². The van der Waals surface area contributed by atoms with Crippen LogP contribution in [0.1, 0.15) is 5.56 Å². The van der Waals surface area contributed by atoms with Gasteiger partial charge in [-0.1, -0.05) is 35.3 Å². The second-order valence-electron chi connectivity index (χ2n) is 4.69. The first-order valence-corrected chi connectivity index (χ1v) is 7.02. The number of nitrogens with zero attached hydrogens (tertiary/aromatic N) is 1. The Kier molecular flexibility index (Phi) is 4.94. The molecule has 2 aromatic rings. The number of benzene rings is 2. The van der Waals surface area contributed by atoms with Gasteiger partial charge in [0.2, 0.25) is 0 Å². The number of carbonyl (C=O) groups is 1. The van der Waals surface area contributed by atoms with E-state index < -0.39 is 0 Å². The fraction of sp³-hybridized carbons (Fsp3) is 0.133. The Bertz CT molecular complexity index is 641. The van der Waals surface area contributed by atoms with Gasteiger partial charge < -0.3 is 16.0 Å². The lowest BCUT2D eigenvalue weighted by molar-refractivity contribution is 0.220. The van der Waals surface area contributed by atoms with Crippen molar-refractivity contribution in [3.8, 4) is 0 Å². The maximum atomic E-state index is 12.1. The molecule has 2 amide bonds. The van der Waals surface area contributed by atoms with Gasteiger partial charge in [0.1, 0.15) is 0 Å². The monoisotopic (exact) mass is 323 g/mol. The second-order valence-corrected chi connectivity index (χ2v) is 5.56. The molecule has 0 aliphatic carbocycles. The average Bonchev–Trinajstić information content (AvgIpc) is 2.37. The van der Waals surface area contributed by atoms with Crippen LogP contribution in [0.2, 0.25) is 10.0 Å². The molecule has 110 valence electrons. The molecule has 0 aliphatic heterocycles. The third kappa shape index (κ3) is 4.55. The minimum absolute atomic E-state index is 0.254. The number of carbonyl (C=O) groups excluding carboxylic acids is 1. The van der Waals surface area contributed by atoms with Crippen molar-refractivity contribution >= 4 is 40.6 Å². The average molecular weight is 324 g/mol. The number of urea groups is 1. The smallest absolute Gasteiger partial charge is 0.321 e. The van der Waals surface area contributed by atoms with E-state index in [2.05, 4.69) is 5.32 Å². The first-order chi connectivity index (χ1) is 9.94. The van der Waals surface area contributed by atoms with Crippen LogP contribution >= 0.6 is 23.2 Å². The standard InChI is InChI=1S/C15H15Cl2N3O/c1-20(9-10-3-2-4-13(18)5-10)15(21)19-14-7-11(16)6-12(17)8-14/h2-8H,9,18H2,1H3,(H,19,21). The molecule has 0 fully saturated rings. The lowest BCUT2D eigenvalue weighted by Gasteiger charge is -2.18. The minimum Gasteiger partial charge on any atom is -0.399 e. The number of nitrogens with two attached hydrogens (primary N) is 1. The van der Waals surface area contributed by atoms with Gasteiger partial charge in [0.25, 0.3) is 0 Å². The summed E-state index contributed by atoms with van der Waals surface area (Å²) in [5, 5.41) is 3.68. The Morgan fingerprint density at radius 1 is 1.19 bits per heavy atom. The number of hydrogen-bond donors (Lipinski definition) is 2. The Morgan fingerprint density at radius 2 is 1.86 bits per heavy atom. The molecule has 0 aromatic heterocycles. The molecule has 0 atom stereocenters. The van der Waals surface area contributed by atoms with Crippen LogP contribution in [0.25, 0.3) is 0 Å². The Labute approximate surface area is 133 Å². The lowest BCUT2D eigenvalue weighted by Crippen LogP contribution is -2.30. The predicted octanol–water partition coefficient (Wildman–Crippen LogP) is 4.24. The first-order valence-electron chi connectivity index (χ1n) is 6.26. The molecule has 2 rings (SSSR count). The summed E-state index contributed by atoms with van der Waals surface area (Å²) in [6.07, 6.45) is 0. The van der Waals surface area contributed by atoms with Gasteiger partial charge in [-0.25, -0.2) is 4.79 Å². The van der Waals surface area contributed by atoms with E-state index in [1.54, 1.807) is 36.2 Å². The van der Waals surface area contributed by atoms with E-state index in [1.165, 1.54) is 0 Å². The molecule has 21 heavy (non-hydrogen) atoms. The SMILES string of the molecule is CN(Cc1cccc(N)c1)C(=O)Nc1cc(Cl)cc(Cl)c1. The summed E-state index contributed by atoms with van der Waals surface area (Å²) >= 11 is 11.8. The molecule has 3 N–H and O–H groups in total. The maximum absolute atomic E-state index is 12.1. The molecule has 2 aromatic carbocycles. The summed E-state index contributed by atoms with van der Waals surface area (Å²) in [6, 6.07) is 12.0. The van der Waals surface area contributed by atoms with E-state index in [-0.39, 0.29) is 6.03 Å². The molecule has 6 heteroatoms. The van der Waals surface area contributed by atoms with Crippen LogP contribution in [0.4, 0.5) is 16.2 Å². The van der Waals surface area contributed by atoms with E-state index >= 15 is 0 Å². The highest BCUT2D eigenvalue weighted by Gasteiger charge is 2.10. The molecule has 0 aliphatic rings. The number of nitrogen functional groups attached to an aromatic ring is 1. The Hall–Kier alpha value is -1.91. The third-order valence-electron chi connectivity index (χ3n) is 2.83. The van der Waals surface area contributed by atoms with Crippen molar-refractivity contribution in [1.29, 1.82) is 0 Å². The highest BCUT2D eigenvalue weighted by Crippen LogP contribution is 2.22. The summed E-state index contributed by atoms with van der Waals surface area (Å²) in [7, 11) is 1.70. The van der Waals surface area contributed by atoms with Crippen molar-refractivity contribution in [2.45, 2.75) is 6.54 Å². The van der Waals surface area contributed by atoms with Crippen LogP contribution in [0.15, 0.2) is 42.5 Å². The normalized spacial score (nSPS) is 10.2. The zero-order valence-corrected chi connectivity index (χ0v) is 12.9. The van der Waals surface area contributed by atoms with Gasteiger partial charge in [-0.05, 0) is 35.9 Å². The lowest BCUT2D eigenvalue weighted by atomic mass is 10.2. The molecule has 0 radical (unpaired) electrons. The fourth-order valence-electron chi connectivity index (χ4n) is 1.88. The van der Waals surface area contributed by atoms with Gasteiger partial charge in [-0.2, -0.15) is 0 Å². The highest BCUT2D eigenvalue weighted by molar-refractivity contribution is 6.35. The van der Waals surface area contributed by atoms with Crippen molar-refractivity contribution in [3.63, 3.8) is 0 Å². The van der Waals surface area contributed by atoms with Crippen LogP contribution in [-0.4, -0.2) is 18.0 Å². The molecule has 0 unspecified atom stereocenters. The summed E-state index contributed by atoms with van der Waals surface area (Å²) in [5.74, 6) is 0. The number of amides is 2. The van der Waals surface area contributed by atoms with E-state index in [0.717, 1.165) is 5.56 Å². The zero-order chi connectivity index (χ0) is 15.4. The van der Waals surface area contributed by atoms with Crippen LogP contribution < -0.4 is 11.1 Å². The molecule has 0 saturated carbocycles. The number of rotatable bonds is 3. The van der Waals surface area contributed by atoms with Gasteiger partial charge in [-0.3, -0.25) is 0 Å². The number of hydrogen-bond acceptors (Lipinski definition) is 2. The highest BCUT2D eigenvalue weighted by atomic mass is 35.5. The van der Waals surface area contributed by atoms with E-state index in [9.17, 15) is 4.79 Å². The van der Waals surface area contributed by atoms with Crippen molar-refractivity contribution in [2.75, 3.05) is 18.1 Å². The largest absolute Gasteiger partial charge is 0.399 e. The van der Waals surface area contributed by atoms with Crippen molar-refractivity contribution in [3.05, 3.63) is 58.1 Å². The number of halogens is 2. The maximum Gasteiger partial charge on any atom is 0.321 e. The summed E-state index contributed by atoms with van der Waals surface area (Å²) in [5.41, 5.74) is 7.90. The molecule has 4 nitrogen and oxygen atoms in total. The van der Waals surface area contributed by atoms with Gasteiger partial charge in [-0.15, -0.1) is 0 Å². The Morgan fingerprint density at radius 3 is 2.48 bits per heavy atom.